The number of aromatic nitrogens is 2. The van der Waals surface area contributed by atoms with Crippen molar-refractivity contribution in [1.29, 1.82) is 0 Å². The first-order valence-electron chi connectivity index (χ1n) is 4.59. The fourth-order valence-corrected chi connectivity index (χ4v) is 1.29. The van der Waals surface area contributed by atoms with E-state index in [2.05, 4.69) is 10.2 Å². The number of hydrogen-bond donors (Lipinski definition) is 1. The normalized spacial score (nSPS) is 10.0. The van der Waals surface area contributed by atoms with Gasteiger partial charge < -0.3 is 10.0 Å². The molecule has 0 saturated carbocycles. The van der Waals surface area contributed by atoms with Crippen molar-refractivity contribution in [3.05, 3.63) is 17.3 Å². The Hall–Kier alpha value is -1.36. The van der Waals surface area contributed by atoms with E-state index in [0.29, 0.717) is 17.5 Å². The number of aliphatic carboxylic acids is 1. The number of anilines is 1. The molecule has 0 aliphatic rings. The smallest absolute Gasteiger partial charge is 0.323 e. The topological polar surface area (TPSA) is 66.3 Å². The second kappa shape index (κ2) is 5.50. The molecule has 6 heteroatoms. The predicted octanol–water partition coefficient (Wildman–Crippen LogP) is 1.43. The van der Waals surface area contributed by atoms with E-state index in [9.17, 15) is 4.79 Å². The summed E-state index contributed by atoms with van der Waals surface area (Å²) in [5.41, 5.74) is 0. The Bertz CT molecular complexity index is 329. The lowest BCUT2D eigenvalue weighted by Gasteiger charge is -2.19. The molecule has 0 aliphatic carbocycles. The van der Waals surface area contributed by atoms with Gasteiger partial charge in [0, 0.05) is 6.54 Å². The van der Waals surface area contributed by atoms with Crippen LogP contribution in [0.5, 0.6) is 0 Å². The summed E-state index contributed by atoms with van der Waals surface area (Å²) in [6.07, 6.45) is 0.845. The van der Waals surface area contributed by atoms with Crippen molar-refractivity contribution in [3.8, 4) is 0 Å². The van der Waals surface area contributed by atoms with Crippen LogP contribution in [0.4, 0.5) is 5.82 Å². The molecule has 1 heterocycles. The van der Waals surface area contributed by atoms with Crippen LogP contribution in [0.2, 0.25) is 5.15 Å². The van der Waals surface area contributed by atoms with E-state index in [1.807, 2.05) is 6.92 Å². The first kappa shape index (κ1) is 11.7. The summed E-state index contributed by atoms with van der Waals surface area (Å²) in [5, 5.41) is 16.5. The van der Waals surface area contributed by atoms with E-state index >= 15 is 0 Å². The third kappa shape index (κ3) is 3.71. The molecule has 0 aliphatic heterocycles. The van der Waals surface area contributed by atoms with Gasteiger partial charge in [-0.25, -0.2) is 0 Å². The van der Waals surface area contributed by atoms with Gasteiger partial charge in [0.15, 0.2) is 11.0 Å². The quantitative estimate of drug-likeness (QED) is 0.828. The average molecular weight is 230 g/mol. The number of carbonyl (C=O) groups is 1. The molecule has 0 unspecified atom stereocenters. The Balaban J connectivity index is 2.78. The number of carboxylic acids is 1. The third-order valence-electron chi connectivity index (χ3n) is 1.76. The minimum absolute atomic E-state index is 0.0792. The van der Waals surface area contributed by atoms with E-state index in [0.717, 1.165) is 6.42 Å². The molecule has 0 saturated heterocycles. The van der Waals surface area contributed by atoms with E-state index in [1.54, 1.807) is 17.0 Å². The van der Waals surface area contributed by atoms with Crippen molar-refractivity contribution in [1.82, 2.24) is 10.2 Å². The van der Waals surface area contributed by atoms with Crippen LogP contribution < -0.4 is 4.90 Å². The molecule has 0 spiro atoms. The SMILES string of the molecule is CCCN(CC(=O)O)c1ccc(Cl)nn1. The van der Waals surface area contributed by atoms with Gasteiger partial charge in [0.25, 0.3) is 0 Å². The Kier molecular flexibility index (Phi) is 4.30. The van der Waals surface area contributed by atoms with E-state index in [-0.39, 0.29) is 6.54 Å². The van der Waals surface area contributed by atoms with E-state index in [1.165, 1.54) is 0 Å². The summed E-state index contributed by atoms with van der Waals surface area (Å²) in [6.45, 7) is 2.52. The summed E-state index contributed by atoms with van der Waals surface area (Å²) >= 11 is 5.59. The van der Waals surface area contributed by atoms with Crippen molar-refractivity contribution in [2.45, 2.75) is 13.3 Å². The van der Waals surface area contributed by atoms with Crippen molar-refractivity contribution >= 4 is 23.4 Å². The molecule has 1 rings (SSSR count). The van der Waals surface area contributed by atoms with Crippen LogP contribution in [0.15, 0.2) is 12.1 Å². The molecule has 1 N–H and O–H groups in total. The molecule has 5 nitrogen and oxygen atoms in total. The minimum Gasteiger partial charge on any atom is -0.480 e. The van der Waals surface area contributed by atoms with Crippen LogP contribution in [0, 0.1) is 0 Å². The van der Waals surface area contributed by atoms with Gasteiger partial charge in [-0.05, 0) is 18.6 Å². The number of nitrogens with zero attached hydrogens (tertiary/aromatic N) is 3. The van der Waals surface area contributed by atoms with Gasteiger partial charge in [-0.2, -0.15) is 0 Å². The summed E-state index contributed by atoms with van der Waals surface area (Å²) in [6, 6.07) is 3.25. The Morgan fingerprint density at radius 3 is 2.73 bits per heavy atom. The zero-order valence-corrected chi connectivity index (χ0v) is 9.11. The molecule has 0 radical (unpaired) electrons. The molecule has 0 atom stereocenters. The van der Waals surface area contributed by atoms with Gasteiger partial charge in [0.1, 0.15) is 6.54 Å². The number of carboxylic acid groups (broad SMARTS) is 1. The largest absolute Gasteiger partial charge is 0.480 e. The van der Waals surface area contributed by atoms with E-state index < -0.39 is 5.97 Å². The summed E-state index contributed by atoms with van der Waals surface area (Å²) in [4.78, 5) is 12.3. The molecule has 82 valence electrons. The van der Waals surface area contributed by atoms with Gasteiger partial charge in [0.2, 0.25) is 0 Å². The first-order valence-corrected chi connectivity index (χ1v) is 4.97. The fourth-order valence-electron chi connectivity index (χ4n) is 1.19. The molecule has 0 aromatic carbocycles. The molecule has 15 heavy (non-hydrogen) atoms. The number of halogens is 1. The van der Waals surface area contributed by atoms with Crippen LogP contribution in [0.1, 0.15) is 13.3 Å². The minimum atomic E-state index is -0.889. The lowest BCUT2D eigenvalue weighted by molar-refractivity contribution is -0.135. The highest BCUT2D eigenvalue weighted by molar-refractivity contribution is 6.29. The third-order valence-corrected chi connectivity index (χ3v) is 1.96. The second-order valence-corrected chi connectivity index (χ2v) is 3.42. The van der Waals surface area contributed by atoms with Crippen LogP contribution in [0.25, 0.3) is 0 Å². The first-order chi connectivity index (χ1) is 7.13. The highest BCUT2D eigenvalue weighted by Crippen LogP contribution is 2.11. The van der Waals surface area contributed by atoms with Gasteiger partial charge in [-0.3, -0.25) is 4.79 Å². The van der Waals surface area contributed by atoms with Gasteiger partial charge in [0.05, 0.1) is 0 Å². The number of hydrogen-bond acceptors (Lipinski definition) is 4. The van der Waals surface area contributed by atoms with Crippen molar-refractivity contribution < 1.29 is 9.90 Å². The molecule has 0 bridgehead atoms. The van der Waals surface area contributed by atoms with Gasteiger partial charge in [-0.1, -0.05) is 18.5 Å². The van der Waals surface area contributed by atoms with Crippen LogP contribution in [-0.4, -0.2) is 34.4 Å². The lowest BCUT2D eigenvalue weighted by Crippen LogP contribution is -2.31. The zero-order valence-electron chi connectivity index (χ0n) is 8.35. The Morgan fingerprint density at radius 1 is 1.53 bits per heavy atom. The summed E-state index contributed by atoms with van der Waals surface area (Å²) in [7, 11) is 0. The van der Waals surface area contributed by atoms with Crippen molar-refractivity contribution in [2.24, 2.45) is 0 Å². The molecule has 0 fully saturated rings. The van der Waals surface area contributed by atoms with Crippen LogP contribution in [0.3, 0.4) is 0 Å². The van der Waals surface area contributed by atoms with Gasteiger partial charge >= 0.3 is 5.97 Å². The maximum atomic E-state index is 10.6. The Labute approximate surface area is 92.7 Å². The molecule has 1 aromatic heterocycles. The van der Waals surface area contributed by atoms with Gasteiger partial charge in [-0.15, -0.1) is 10.2 Å². The summed E-state index contributed by atoms with van der Waals surface area (Å²) in [5.74, 6) is -0.358. The lowest BCUT2D eigenvalue weighted by atomic mass is 10.4. The van der Waals surface area contributed by atoms with E-state index in [4.69, 9.17) is 16.7 Å². The Morgan fingerprint density at radius 2 is 2.27 bits per heavy atom. The highest BCUT2D eigenvalue weighted by atomic mass is 35.5. The summed E-state index contributed by atoms with van der Waals surface area (Å²) < 4.78 is 0. The number of rotatable bonds is 5. The maximum absolute atomic E-state index is 10.6. The molecular formula is C9H12ClN3O2. The second-order valence-electron chi connectivity index (χ2n) is 3.03. The van der Waals surface area contributed by atoms with Crippen molar-refractivity contribution in [3.63, 3.8) is 0 Å². The fraction of sp³-hybridized carbons (Fsp3) is 0.444. The average Bonchev–Trinajstić information content (AvgIpc) is 2.17. The predicted molar refractivity (Wildman–Crippen MR) is 57.2 cm³/mol. The van der Waals surface area contributed by atoms with Crippen LogP contribution >= 0.6 is 11.6 Å². The molecular weight excluding hydrogens is 218 g/mol. The monoisotopic (exact) mass is 229 g/mol. The van der Waals surface area contributed by atoms with Crippen molar-refractivity contribution in [2.75, 3.05) is 18.0 Å². The maximum Gasteiger partial charge on any atom is 0.323 e. The van der Waals surface area contributed by atoms with Crippen LogP contribution in [-0.2, 0) is 4.79 Å². The standard InChI is InChI=1S/C9H12ClN3O2/c1-2-5-13(6-9(14)15)8-4-3-7(10)11-12-8/h3-4H,2,5-6H2,1H3,(H,14,15). The highest BCUT2D eigenvalue weighted by Gasteiger charge is 2.11. The molecule has 0 amide bonds. The zero-order chi connectivity index (χ0) is 11.3. The molecule has 1 aromatic rings.